The van der Waals surface area contributed by atoms with Crippen LogP contribution in [-0.4, -0.2) is 19.4 Å². The lowest BCUT2D eigenvalue weighted by Crippen LogP contribution is -2.18. The van der Waals surface area contributed by atoms with Gasteiger partial charge >= 0.3 is 0 Å². The van der Waals surface area contributed by atoms with Crippen molar-refractivity contribution in [3.63, 3.8) is 0 Å². The van der Waals surface area contributed by atoms with Gasteiger partial charge in [0, 0.05) is 6.54 Å². The van der Waals surface area contributed by atoms with Crippen LogP contribution in [0, 0.1) is 0 Å². The van der Waals surface area contributed by atoms with Gasteiger partial charge in [0.1, 0.15) is 0 Å². The van der Waals surface area contributed by atoms with Crippen LogP contribution in [0.4, 0.5) is 0 Å². The molecule has 0 aliphatic carbocycles. The molecule has 2 N–H and O–H groups in total. The van der Waals surface area contributed by atoms with Gasteiger partial charge in [0.05, 0.1) is 33.0 Å². The third-order valence-corrected chi connectivity index (χ3v) is 4.38. The molecule has 0 fully saturated rings. The molecular formula is C12H18BrN5S. The zero-order valence-corrected chi connectivity index (χ0v) is 13.5. The summed E-state index contributed by atoms with van der Waals surface area (Å²) in [6.45, 7) is 5.12. The standard InChI is InChI=1S/C12H18BrN5S/c1-3-5-9-12(19-17-16-9)10(14)11-8(13)7-15-18(11)6-4-2/h7,10H,3-6,14H2,1-2H3. The molecule has 2 aromatic rings. The van der Waals surface area contributed by atoms with Crippen molar-refractivity contribution >= 4 is 27.5 Å². The summed E-state index contributed by atoms with van der Waals surface area (Å²) in [5.41, 5.74) is 8.42. The summed E-state index contributed by atoms with van der Waals surface area (Å²) in [5.74, 6) is 0. The Labute approximate surface area is 125 Å². The summed E-state index contributed by atoms with van der Waals surface area (Å²) in [4.78, 5) is 1.04. The predicted octanol–water partition coefficient (Wildman–Crippen LogP) is 2.91. The van der Waals surface area contributed by atoms with Crippen LogP contribution in [0.2, 0.25) is 0 Å². The molecule has 104 valence electrons. The quantitative estimate of drug-likeness (QED) is 0.875. The summed E-state index contributed by atoms with van der Waals surface area (Å²) in [5, 5.41) is 8.55. The van der Waals surface area contributed by atoms with Crippen molar-refractivity contribution in [2.24, 2.45) is 5.73 Å². The summed E-state index contributed by atoms with van der Waals surface area (Å²) in [6, 6.07) is -0.218. The van der Waals surface area contributed by atoms with E-state index in [1.165, 1.54) is 11.5 Å². The highest BCUT2D eigenvalue weighted by Gasteiger charge is 2.23. The molecule has 1 atom stereocenters. The van der Waals surface area contributed by atoms with Crippen molar-refractivity contribution in [2.45, 2.75) is 45.7 Å². The van der Waals surface area contributed by atoms with E-state index in [4.69, 9.17) is 5.73 Å². The average molecular weight is 344 g/mol. The van der Waals surface area contributed by atoms with Gasteiger partial charge < -0.3 is 5.73 Å². The van der Waals surface area contributed by atoms with E-state index in [0.717, 1.165) is 46.5 Å². The molecule has 19 heavy (non-hydrogen) atoms. The Kier molecular flexibility index (Phi) is 5.06. The summed E-state index contributed by atoms with van der Waals surface area (Å²) >= 11 is 4.92. The van der Waals surface area contributed by atoms with E-state index in [-0.39, 0.29) is 6.04 Å². The maximum atomic E-state index is 6.41. The minimum atomic E-state index is -0.218. The predicted molar refractivity (Wildman–Crippen MR) is 80.2 cm³/mol. The van der Waals surface area contributed by atoms with E-state index in [0.29, 0.717) is 0 Å². The second-order valence-corrected chi connectivity index (χ2v) is 6.05. The highest BCUT2D eigenvalue weighted by Crippen LogP contribution is 2.30. The largest absolute Gasteiger partial charge is 0.318 e. The number of nitrogens with two attached hydrogens (primary N) is 1. The summed E-state index contributed by atoms with van der Waals surface area (Å²) in [7, 11) is 0. The van der Waals surface area contributed by atoms with Crippen molar-refractivity contribution in [2.75, 3.05) is 0 Å². The van der Waals surface area contributed by atoms with E-state index < -0.39 is 0 Å². The first-order valence-corrected chi connectivity index (χ1v) is 8.03. The fraction of sp³-hybridized carbons (Fsp3) is 0.583. The molecule has 0 saturated carbocycles. The van der Waals surface area contributed by atoms with Crippen molar-refractivity contribution < 1.29 is 0 Å². The first-order valence-electron chi connectivity index (χ1n) is 6.46. The van der Waals surface area contributed by atoms with Crippen molar-refractivity contribution in [1.82, 2.24) is 19.4 Å². The van der Waals surface area contributed by atoms with Crippen molar-refractivity contribution in [1.29, 1.82) is 0 Å². The summed E-state index contributed by atoms with van der Waals surface area (Å²) < 4.78 is 6.95. The minimum Gasteiger partial charge on any atom is -0.318 e. The molecule has 1 unspecified atom stereocenters. The molecule has 0 aromatic carbocycles. The molecule has 0 saturated heterocycles. The Bertz CT molecular complexity index is 536. The number of hydrogen-bond donors (Lipinski definition) is 1. The van der Waals surface area contributed by atoms with Gasteiger partial charge in [-0.25, -0.2) is 0 Å². The van der Waals surface area contributed by atoms with Gasteiger partial charge in [0.2, 0.25) is 0 Å². The van der Waals surface area contributed by atoms with E-state index in [9.17, 15) is 0 Å². The highest BCUT2D eigenvalue weighted by molar-refractivity contribution is 9.10. The number of rotatable bonds is 6. The van der Waals surface area contributed by atoms with E-state index >= 15 is 0 Å². The lowest BCUT2D eigenvalue weighted by molar-refractivity contribution is 0.559. The molecule has 0 spiro atoms. The third-order valence-electron chi connectivity index (χ3n) is 2.92. The first kappa shape index (κ1) is 14.6. The van der Waals surface area contributed by atoms with Gasteiger partial charge in [-0.3, -0.25) is 4.68 Å². The SMILES string of the molecule is CCCc1nnsc1C(N)c1c(Br)cnn1CCC. The van der Waals surface area contributed by atoms with Crippen LogP contribution in [0.3, 0.4) is 0 Å². The van der Waals surface area contributed by atoms with E-state index in [1.54, 1.807) is 6.20 Å². The molecule has 0 radical (unpaired) electrons. The Hall–Kier alpha value is -0.790. The van der Waals surface area contributed by atoms with Crippen LogP contribution in [0.15, 0.2) is 10.7 Å². The number of aromatic nitrogens is 4. The zero-order chi connectivity index (χ0) is 13.8. The van der Waals surface area contributed by atoms with Gasteiger partial charge in [-0.05, 0) is 40.3 Å². The van der Waals surface area contributed by atoms with Crippen LogP contribution in [0.25, 0.3) is 0 Å². The zero-order valence-electron chi connectivity index (χ0n) is 11.1. The van der Waals surface area contributed by atoms with Crippen molar-refractivity contribution in [3.8, 4) is 0 Å². The summed E-state index contributed by atoms with van der Waals surface area (Å²) in [6.07, 6.45) is 4.79. The Morgan fingerprint density at radius 2 is 2.21 bits per heavy atom. The van der Waals surface area contributed by atoms with Crippen LogP contribution >= 0.6 is 27.5 Å². The second-order valence-electron chi connectivity index (χ2n) is 4.41. The van der Waals surface area contributed by atoms with Crippen LogP contribution in [0.1, 0.15) is 49.0 Å². The van der Waals surface area contributed by atoms with Gasteiger partial charge in [-0.2, -0.15) is 5.10 Å². The average Bonchev–Trinajstić information content (AvgIpc) is 2.97. The van der Waals surface area contributed by atoms with Gasteiger partial charge in [-0.1, -0.05) is 24.8 Å². The molecule has 0 aliphatic rings. The van der Waals surface area contributed by atoms with E-state index in [2.05, 4.69) is 44.5 Å². The third kappa shape index (κ3) is 3.04. The highest BCUT2D eigenvalue weighted by atomic mass is 79.9. The van der Waals surface area contributed by atoms with E-state index in [1.807, 2.05) is 4.68 Å². The molecule has 7 heteroatoms. The topological polar surface area (TPSA) is 69.6 Å². The lowest BCUT2D eigenvalue weighted by atomic mass is 10.1. The van der Waals surface area contributed by atoms with Crippen LogP contribution < -0.4 is 5.73 Å². The van der Waals surface area contributed by atoms with Gasteiger partial charge in [-0.15, -0.1) is 5.10 Å². The minimum absolute atomic E-state index is 0.218. The number of aryl methyl sites for hydroxylation is 2. The molecule has 0 bridgehead atoms. The first-order chi connectivity index (χ1) is 9.19. The molecule has 2 aromatic heterocycles. The van der Waals surface area contributed by atoms with Gasteiger partial charge in [0.15, 0.2) is 0 Å². The molecule has 5 nitrogen and oxygen atoms in total. The van der Waals surface area contributed by atoms with Crippen LogP contribution in [-0.2, 0) is 13.0 Å². The smallest absolute Gasteiger partial charge is 0.0863 e. The normalized spacial score (nSPS) is 12.8. The molecule has 0 aliphatic heterocycles. The Morgan fingerprint density at radius 3 is 2.89 bits per heavy atom. The Balaban J connectivity index is 2.35. The maximum absolute atomic E-state index is 6.41. The lowest BCUT2D eigenvalue weighted by Gasteiger charge is -2.14. The maximum Gasteiger partial charge on any atom is 0.0863 e. The number of nitrogens with zero attached hydrogens (tertiary/aromatic N) is 4. The number of hydrogen-bond acceptors (Lipinski definition) is 5. The fourth-order valence-corrected chi connectivity index (χ4v) is 3.30. The number of halogens is 1. The molecule has 2 rings (SSSR count). The molecule has 0 amide bonds. The molecule has 2 heterocycles. The van der Waals surface area contributed by atoms with Crippen molar-refractivity contribution in [3.05, 3.63) is 26.9 Å². The molecular weight excluding hydrogens is 326 g/mol. The Morgan fingerprint density at radius 1 is 1.42 bits per heavy atom. The fourth-order valence-electron chi connectivity index (χ4n) is 2.06. The van der Waals surface area contributed by atoms with Crippen LogP contribution in [0.5, 0.6) is 0 Å². The monoisotopic (exact) mass is 343 g/mol. The second kappa shape index (κ2) is 6.58. The van der Waals surface area contributed by atoms with Gasteiger partial charge in [0.25, 0.3) is 0 Å².